The fourth-order valence-corrected chi connectivity index (χ4v) is 11.3. The Bertz CT molecular complexity index is 2910. The molecule has 3 atom stereocenters. The maximum Gasteiger partial charge on any atom is 0.0358 e. The molecule has 284 valence electrons. The van der Waals surface area contributed by atoms with Gasteiger partial charge in [0.05, 0.1) is 0 Å². The summed E-state index contributed by atoms with van der Waals surface area (Å²) in [5, 5.41) is 5.49. The van der Waals surface area contributed by atoms with E-state index >= 15 is 0 Å². The van der Waals surface area contributed by atoms with Gasteiger partial charge in [0.15, 0.2) is 0 Å². The van der Waals surface area contributed by atoms with Crippen molar-refractivity contribution in [1.82, 2.24) is 0 Å². The van der Waals surface area contributed by atoms with Gasteiger partial charge in [0.25, 0.3) is 0 Å². The SMILES string of the molecule is Cc1ccc(CC(c2ccccc2)C(C)c2ccc3c(c2)C(C)(C)c2cc(CCC(c4ccccc4)c4ccc5c(c4)sc4ccccc45)c4ccccc4c2-3)cc1. The van der Waals surface area contributed by atoms with Crippen molar-refractivity contribution in [3.63, 3.8) is 0 Å². The van der Waals surface area contributed by atoms with Crippen LogP contribution in [0.4, 0.5) is 0 Å². The molecule has 1 aliphatic rings. The third-order valence-electron chi connectivity index (χ3n) is 13.4. The molecule has 1 heteroatoms. The zero-order valence-electron chi connectivity index (χ0n) is 34.0. The van der Waals surface area contributed by atoms with Gasteiger partial charge < -0.3 is 0 Å². The number of fused-ring (bicyclic) bond motifs is 8. The van der Waals surface area contributed by atoms with E-state index in [1.807, 2.05) is 11.3 Å². The van der Waals surface area contributed by atoms with E-state index in [4.69, 9.17) is 0 Å². The first-order chi connectivity index (χ1) is 28.3. The smallest absolute Gasteiger partial charge is 0.0358 e. The number of benzene rings is 8. The molecular weight excluding hydrogens is 717 g/mol. The van der Waals surface area contributed by atoms with E-state index in [9.17, 15) is 0 Å². The third-order valence-corrected chi connectivity index (χ3v) is 14.6. The average molecular weight is 767 g/mol. The molecule has 0 aliphatic heterocycles. The topological polar surface area (TPSA) is 0 Å². The van der Waals surface area contributed by atoms with Crippen molar-refractivity contribution < 1.29 is 0 Å². The van der Waals surface area contributed by atoms with Crippen LogP contribution in [0.5, 0.6) is 0 Å². The molecule has 8 aromatic carbocycles. The Morgan fingerprint density at radius 2 is 1.16 bits per heavy atom. The normalized spacial score (nSPS) is 14.7. The van der Waals surface area contributed by atoms with Crippen LogP contribution < -0.4 is 0 Å². The third kappa shape index (κ3) is 6.47. The Labute approximate surface area is 347 Å². The predicted molar refractivity (Wildman–Crippen MR) is 250 cm³/mol. The highest BCUT2D eigenvalue weighted by Gasteiger charge is 2.38. The molecule has 1 aliphatic carbocycles. The molecule has 10 rings (SSSR count). The van der Waals surface area contributed by atoms with Crippen molar-refractivity contribution in [1.29, 1.82) is 0 Å². The Morgan fingerprint density at radius 1 is 0.517 bits per heavy atom. The number of rotatable bonds is 10. The lowest BCUT2D eigenvalue weighted by Crippen LogP contribution is -2.17. The van der Waals surface area contributed by atoms with Crippen LogP contribution >= 0.6 is 11.3 Å². The van der Waals surface area contributed by atoms with E-state index < -0.39 is 0 Å². The molecule has 0 saturated carbocycles. The van der Waals surface area contributed by atoms with Crippen LogP contribution in [0, 0.1) is 6.92 Å². The van der Waals surface area contributed by atoms with Gasteiger partial charge in [0.2, 0.25) is 0 Å². The van der Waals surface area contributed by atoms with E-state index in [1.165, 1.54) is 92.1 Å². The summed E-state index contributed by atoms with van der Waals surface area (Å²) >= 11 is 1.92. The van der Waals surface area contributed by atoms with Crippen LogP contribution in [0.3, 0.4) is 0 Å². The summed E-state index contributed by atoms with van der Waals surface area (Å²) in [5.74, 6) is 1.02. The molecular formula is C57H50S. The van der Waals surface area contributed by atoms with E-state index in [0.717, 1.165) is 19.3 Å². The predicted octanol–water partition coefficient (Wildman–Crippen LogP) is 15.7. The molecule has 0 saturated heterocycles. The fraction of sp³-hybridized carbons (Fsp3) is 0.193. The molecule has 0 bridgehead atoms. The van der Waals surface area contributed by atoms with Crippen molar-refractivity contribution in [3.05, 3.63) is 226 Å². The first-order valence-electron chi connectivity index (χ1n) is 21.1. The molecule has 58 heavy (non-hydrogen) atoms. The van der Waals surface area contributed by atoms with Gasteiger partial charge >= 0.3 is 0 Å². The highest BCUT2D eigenvalue weighted by molar-refractivity contribution is 7.25. The van der Waals surface area contributed by atoms with Crippen molar-refractivity contribution in [2.24, 2.45) is 0 Å². The Balaban J connectivity index is 1.01. The molecule has 0 fully saturated rings. The Kier molecular flexibility index (Phi) is 9.38. The second-order valence-corrected chi connectivity index (χ2v) is 18.4. The highest BCUT2D eigenvalue weighted by Crippen LogP contribution is 2.53. The van der Waals surface area contributed by atoms with Crippen LogP contribution in [-0.4, -0.2) is 0 Å². The minimum Gasteiger partial charge on any atom is -0.135 e. The number of hydrogen-bond acceptors (Lipinski definition) is 1. The zero-order valence-corrected chi connectivity index (χ0v) is 34.8. The Morgan fingerprint density at radius 3 is 1.91 bits per heavy atom. The van der Waals surface area contributed by atoms with Crippen molar-refractivity contribution >= 4 is 42.3 Å². The summed E-state index contributed by atoms with van der Waals surface area (Å²) in [5.41, 5.74) is 15.4. The van der Waals surface area contributed by atoms with Gasteiger partial charge in [0, 0.05) is 31.5 Å². The van der Waals surface area contributed by atoms with Crippen LogP contribution in [0.15, 0.2) is 176 Å². The maximum atomic E-state index is 2.59. The molecule has 0 radical (unpaired) electrons. The van der Waals surface area contributed by atoms with E-state index in [0.29, 0.717) is 17.8 Å². The number of aryl methyl sites for hydroxylation is 2. The lowest BCUT2D eigenvalue weighted by Gasteiger charge is -2.28. The molecule has 1 heterocycles. The van der Waals surface area contributed by atoms with Gasteiger partial charge in [-0.2, -0.15) is 0 Å². The lowest BCUT2D eigenvalue weighted by atomic mass is 9.76. The van der Waals surface area contributed by atoms with Crippen LogP contribution in [0.25, 0.3) is 42.1 Å². The second-order valence-electron chi connectivity index (χ2n) is 17.3. The summed E-state index contributed by atoms with van der Waals surface area (Å²) < 4.78 is 2.74. The van der Waals surface area contributed by atoms with Gasteiger partial charge in [-0.15, -0.1) is 11.3 Å². The molecule has 1 aromatic heterocycles. The van der Waals surface area contributed by atoms with E-state index in [2.05, 4.69) is 204 Å². The first kappa shape index (κ1) is 36.6. The molecule has 3 unspecified atom stereocenters. The highest BCUT2D eigenvalue weighted by atomic mass is 32.1. The molecule has 0 amide bonds. The Hall–Kier alpha value is -5.76. The maximum absolute atomic E-state index is 2.59. The van der Waals surface area contributed by atoms with Crippen molar-refractivity contribution in [3.8, 4) is 11.1 Å². The standard InChI is InChI=1S/C57H50S/c1-37-23-25-39(26-24-37)33-51(41-17-9-6-10-18-41)38(2)42-27-32-50-52(34-42)57(3,4)53-35-43(46-19-11-12-21-49(46)56(50)53)28-30-45(40-15-7-5-8-16-40)44-29-31-48-47-20-13-14-22-54(47)58-55(48)36-44/h5-27,29,31-32,34-36,38,45,51H,28,30,33H2,1-4H3. The van der Waals surface area contributed by atoms with E-state index in [1.54, 1.807) is 0 Å². The molecule has 9 aromatic rings. The van der Waals surface area contributed by atoms with E-state index in [-0.39, 0.29) is 5.41 Å². The quantitative estimate of drug-likeness (QED) is 0.130. The van der Waals surface area contributed by atoms with Gasteiger partial charge in [-0.05, 0) is 117 Å². The van der Waals surface area contributed by atoms with Crippen molar-refractivity contribution in [2.45, 2.75) is 70.1 Å². The monoisotopic (exact) mass is 766 g/mol. The minimum absolute atomic E-state index is 0.122. The summed E-state index contributed by atoms with van der Waals surface area (Å²) in [6.45, 7) is 9.53. The van der Waals surface area contributed by atoms with Crippen LogP contribution in [0.1, 0.15) is 95.0 Å². The minimum atomic E-state index is -0.122. The zero-order chi connectivity index (χ0) is 39.4. The summed E-state index contributed by atoms with van der Waals surface area (Å²) in [6.07, 6.45) is 3.06. The van der Waals surface area contributed by atoms with Gasteiger partial charge in [-0.25, -0.2) is 0 Å². The lowest BCUT2D eigenvalue weighted by molar-refractivity contribution is 0.569. The fourth-order valence-electron chi connectivity index (χ4n) is 10.1. The first-order valence-corrected chi connectivity index (χ1v) is 21.9. The summed E-state index contributed by atoms with van der Waals surface area (Å²) in [4.78, 5) is 0. The molecule has 0 N–H and O–H groups in total. The summed E-state index contributed by atoms with van der Waals surface area (Å²) in [7, 11) is 0. The van der Waals surface area contributed by atoms with Gasteiger partial charge in [-0.3, -0.25) is 0 Å². The number of hydrogen-bond donors (Lipinski definition) is 0. The van der Waals surface area contributed by atoms with Crippen LogP contribution in [0.2, 0.25) is 0 Å². The second kappa shape index (κ2) is 14.9. The van der Waals surface area contributed by atoms with Gasteiger partial charge in [-0.1, -0.05) is 190 Å². The molecule has 0 nitrogen and oxygen atoms in total. The van der Waals surface area contributed by atoms with Crippen molar-refractivity contribution in [2.75, 3.05) is 0 Å². The van der Waals surface area contributed by atoms with Gasteiger partial charge in [0.1, 0.15) is 0 Å². The van der Waals surface area contributed by atoms with Crippen LogP contribution in [-0.2, 0) is 18.3 Å². The molecule has 0 spiro atoms. The largest absolute Gasteiger partial charge is 0.135 e. The summed E-state index contributed by atoms with van der Waals surface area (Å²) in [6, 6.07) is 66.8. The average Bonchev–Trinajstić information content (AvgIpc) is 3.74. The number of thiophene rings is 1.